The van der Waals surface area contributed by atoms with E-state index in [1.807, 2.05) is 13.0 Å². The largest absolute Gasteiger partial charge is 0.458 e. The molecule has 0 aromatic rings. The van der Waals surface area contributed by atoms with Gasteiger partial charge in [0.05, 0.1) is 0 Å². The molecule has 0 radical (unpaired) electrons. The van der Waals surface area contributed by atoms with Gasteiger partial charge in [0.25, 0.3) is 0 Å². The monoisotopic (exact) mass is 402 g/mol. The molecule has 0 spiro atoms. The minimum atomic E-state index is -1.45. The van der Waals surface area contributed by atoms with Crippen LogP contribution in [0.15, 0.2) is 11.6 Å². The van der Waals surface area contributed by atoms with E-state index >= 15 is 0 Å². The molecule has 4 aliphatic carbocycles. The molecule has 5 heteroatoms. The Kier molecular flexibility index (Phi) is 4.84. The highest BCUT2D eigenvalue weighted by Gasteiger charge is 2.68. The highest BCUT2D eigenvalue weighted by molar-refractivity contribution is 5.92. The maximum absolute atomic E-state index is 13.1. The zero-order valence-corrected chi connectivity index (χ0v) is 18.1. The summed E-state index contributed by atoms with van der Waals surface area (Å²) in [6.45, 7) is 7.33. The van der Waals surface area contributed by atoms with E-state index in [-0.39, 0.29) is 35.4 Å². The lowest BCUT2D eigenvalue weighted by atomic mass is 9.46. The van der Waals surface area contributed by atoms with Crippen LogP contribution < -0.4 is 0 Å². The number of rotatable bonds is 3. The van der Waals surface area contributed by atoms with Crippen molar-refractivity contribution in [1.82, 2.24) is 0 Å². The molecule has 0 aromatic heterocycles. The van der Waals surface area contributed by atoms with Crippen LogP contribution in [0.4, 0.5) is 0 Å². The van der Waals surface area contributed by atoms with Crippen LogP contribution in [0.3, 0.4) is 0 Å². The quantitative estimate of drug-likeness (QED) is 0.729. The van der Waals surface area contributed by atoms with Crippen molar-refractivity contribution in [2.24, 2.45) is 34.5 Å². The van der Waals surface area contributed by atoms with Crippen LogP contribution in [0.2, 0.25) is 0 Å². The lowest BCUT2D eigenvalue weighted by Crippen LogP contribution is -2.59. The standard InChI is InChI=1S/C24H34O5/c1-14-11-20-18-6-5-16-12-17(26)7-9-22(16,3)19(18)8-10-23(20,4)24(14,28)21(27)13-29-15(2)25/h12,14,18-20,28H,5-11,13H2,1-4H3/t14-,18-,19+,20+,22+,23+,24+/m1/s1. The molecule has 0 saturated heterocycles. The van der Waals surface area contributed by atoms with E-state index in [0.29, 0.717) is 18.3 Å². The first-order valence-electron chi connectivity index (χ1n) is 11.2. The van der Waals surface area contributed by atoms with Gasteiger partial charge in [-0.15, -0.1) is 0 Å². The van der Waals surface area contributed by atoms with E-state index < -0.39 is 17.0 Å². The molecule has 0 aliphatic heterocycles. The summed E-state index contributed by atoms with van der Waals surface area (Å²) < 4.78 is 4.97. The molecule has 5 nitrogen and oxygen atoms in total. The zero-order chi connectivity index (χ0) is 21.2. The minimum Gasteiger partial charge on any atom is -0.458 e. The summed E-state index contributed by atoms with van der Waals surface area (Å²) in [6, 6.07) is 0. The summed E-state index contributed by atoms with van der Waals surface area (Å²) in [6.07, 6.45) is 8.03. The number of ether oxygens (including phenoxy) is 1. The van der Waals surface area contributed by atoms with Gasteiger partial charge in [0.15, 0.2) is 12.4 Å². The van der Waals surface area contributed by atoms with Gasteiger partial charge in [-0.05, 0) is 73.7 Å². The van der Waals surface area contributed by atoms with E-state index in [1.54, 1.807) is 0 Å². The van der Waals surface area contributed by atoms with Gasteiger partial charge in [-0.1, -0.05) is 26.3 Å². The molecular weight excluding hydrogens is 368 g/mol. The number of hydrogen-bond donors (Lipinski definition) is 1. The first-order valence-corrected chi connectivity index (χ1v) is 11.2. The van der Waals surface area contributed by atoms with Crippen molar-refractivity contribution in [2.75, 3.05) is 6.61 Å². The van der Waals surface area contributed by atoms with Crippen molar-refractivity contribution in [3.05, 3.63) is 11.6 Å². The molecule has 4 aliphatic rings. The van der Waals surface area contributed by atoms with E-state index in [0.717, 1.165) is 38.5 Å². The van der Waals surface area contributed by atoms with Crippen LogP contribution in [0.1, 0.15) is 72.6 Å². The van der Waals surface area contributed by atoms with Gasteiger partial charge in [0, 0.05) is 18.8 Å². The average Bonchev–Trinajstić information content (AvgIpc) is 2.88. The molecule has 29 heavy (non-hydrogen) atoms. The molecule has 7 atom stereocenters. The summed E-state index contributed by atoms with van der Waals surface area (Å²) in [5, 5.41) is 11.7. The number of ketones is 2. The topological polar surface area (TPSA) is 80.7 Å². The van der Waals surface area contributed by atoms with Gasteiger partial charge in [-0.2, -0.15) is 0 Å². The number of carbonyl (C=O) groups is 3. The van der Waals surface area contributed by atoms with Crippen molar-refractivity contribution >= 4 is 17.5 Å². The number of hydrogen-bond acceptors (Lipinski definition) is 5. The minimum absolute atomic E-state index is 0.0733. The first-order chi connectivity index (χ1) is 13.5. The number of fused-ring (bicyclic) bond motifs is 5. The van der Waals surface area contributed by atoms with Crippen LogP contribution in [-0.4, -0.2) is 34.9 Å². The number of esters is 1. The molecule has 0 heterocycles. The second-order valence-corrected chi connectivity index (χ2v) is 10.5. The zero-order valence-electron chi connectivity index (χ0n) is 18.1. The van der Waals surface area contributed by atoms with E-state index in [1.165, 1.54) is 12.5 Å². The van der Waals surface area contributed by atoms with Crippen LogP contribution in [0.5, 0.6) is 0 Å². The first kappa shape index (κ1) is 20.8. The third kappa shape index (κ3) is 2.79. The number of Topliss-reactive ketones (excluding diaryl/α,β-unsaturated/α-hetero) is 1. The SMILES string of the molecule is CC(=O)OCC(=O)[C@@]1(O)[C@H](C)C[C@H]2[C@@H]3CCC4=CC(=O)CC[C@]4(C)[C@H]3CC[C@@]21C. The van der Waals surface area contributed by atoms with E-state index in [9.17, 15) is 19.5 Å². The van der Waals surface area contributed by atoms with Gasteiger partial charge in [0.2, 0.25) is 5.78 Å². The van der Waals surface area contributed by atoms with Crippen LogP contribution >= 0.6 is 0 Å². The highest BCUT2D eigenvalue weighted by atomic mass is 16.5. The fourth-order valence-corrected chi connectivity index (χ4v) is 7.77. The van der Waals surface area contributed by atoms with Crippen LogP contribution in [0, 0.1) is 34.5 Å². The van der Waals surface area contributed by atoms with Gasteiger partial charge >= 0.3 is 5.97 Å². The second-order valence-electron chi connectivity index (χ2n) is 10.5. The molecule has 160 valence electrons. The van der Waals surface area contributed by atoms with Crippen LogP contribution in [0.25, 0.3) is 0 Å². The lowest BCUT2D eigenvalue weighted by Gasteiger charge is -2.59. The smallest absolute Gasteiger partial charge is 0.303 e. The van der Waals surface area contributed by atoms with Crippen molar-refractivity contribution in [1.29, 1.82) is 0 Å². The number of allylic oxidation sites excluding steroid dienone is 1. The number of carbonyl (C=O) groups excluding carboxylic acids is 3. The second kappa shape index (κ2) is 6.76. The molecule has 0 amide bonds. The fourth-order valence-electron chi connectivity index (χ4n) is 7.77. The highest BCUT2D eigenvalue weighted by Crippen LogP contribution is 2.68. The van der Waals surface area contributed by atoms with E-state index in [2.05, 4.69) is 13.8 Å². The summed E-state index contributed by atoms with van der Waals surface area (Å²) in [7, 11) is 0. The summed E-state index contributed by atoms with van der Waals surface area (Å²) in [5.74, 6) is 0.500. The maximum atomic E-state index is 13.1. The normalized spacial score (nSPS) is 46.2. The predicted octanol–water partition coefficient (Wildman–Crippen LogP) is 3.63. The van der Waals surface area contributed by atoms with Crippen molar-refractivity contribution in [3.63, 3.8) is 0 Å². The molecule has 3 fully saturated rings. The molecule has 4 rings (SSSR count). The van der Waals surface area contributed by atoms with Crippen molar-refractivity contribution in [3.8, 4) is 0 Å². The molecule has 0 aromatic carbocycles. The predicted molar refractivity (Wildman–Crippen MR) is 108 cm³/mol. The Morgan fingerprint density at radius 2 is 1.90 bits per heavy atom. The van der Waals surface area contributed by atoms with E-state index in [4.69, 9.17) is 4.74 Å². The van der Waals surface area contributed by atoms with Crippen LogP contribution in [-0.2, 0) is 19.1 Å². The summed E-state index contributed by atoms with van der Waals surface area (Å²) >= 11 is 0. The van der Waals surface area contributed by atoms with Crippen molar-refractivity contribution < 1.29 is 24.2 Å². The Bertz CT molecular complexity index is 784. The van der Waals surface area contributed by atoms with Gasteiger partial charge < -0.3 is 9.84 Å². The molecular formula is C24H34O5. The summed E-state index contributed by atoms with van der Waals surface area (Å²) in [4.78, 5) is 36.2. The molecule has 1 N–H and O–H groups in total. The lowest BCUT2D eigenvalue weighted by molar-refractivity contribution is -0.174. The third-order valence-corrected chi connectivity index (χ3v) is 9.37. The Morgan fingerprint density at radius 3 is 2.59 bits per heavy atom. The summed E-state index contributed by atoms with van der Waals surface area (Å²) in [5.41, 5.74) is -0.542. The Morgan fingerprint density at radius 1 is 1.17 bits per heavy atom. The molecule has 0 bridgehead atoms. The Hall–Kier alpha value is -1.49. The number of aliphatic hydroxyl groups is 1. The van der Waals surface area contributed by atoms with Gasteiger partial charge in [-0.25, -0.2) is 0 Å². The maximum Gasteiger partial charge on any atom is 0.303 e. The fraction of sp³-hybridized carbons (Fsp3) is 0.792. The average molecular weight is 403 g/mol. The van der Waals surface area contributed by atoms with Gasteiger partial charge in [0.1, 0.15) is 5.60 Å². The Labute approximate surface area is 173 Å². The Balaban J connectivity index is 1.64. The molecule has 3 saturated carbocycles. The third-order valence-electron chi connectivity index (χ3n) is 9.37. The van der Waals surface area contributed by atoms with Crippen molar-refractivity contribution in [2.45, 2.75) is 78.2 Å². The molecule has 0 unspecified atom stereocenters. The van der Waals surface area contributed by atoms with Gasteiger partial charge in [-0.3, -0.25) is 14.4 Å².